The summed E-state index contributed by atoms with van der Waals surface area (Å²) in [5.41, 5.74) is 0. The number of rotatable bonds is 5. The summed E-state index contributed by atoms with van der Waals surface area (Å²) in [4.78, 5) is 5.25. The van der Waals surface area contributed by atoms with E-state index < -0.39 is 0 Å². The van der Waals surface area contributed by atoms with E-state index >= 15 is 0 Å². The Morgan fingerprint density at radius 1 is 0.810 bits per heavy atom. The highest BCUT2D eigenvalue weighted by Gasteiger charge is 2.27. The van der Waals surface area contributed by atoms with Gasteiger partial charge in [-0.3, -0.25) is 0 Å². The number of likely N-dealkylation sites (tertiary alicyclic amines) is 2. The number of β-amino-alcohol motifs (C(OH)–C–C–N with tert-alkyl or cyclic N) is 1. The summed E-state index contributed by atoms with van der Waals surface area (Å²) in [6, 6.07) is 0.827. The van der Waals surface area contributed by atoms with Crippen LogP contribution in [0.5, 0.6) is 0 Å². The van der Waals surface area contributed by atoms with Crippen LogP contribution < -0.4 is 0 Å². The minimum Gasteiger partial charge on any atom is -0.392 e. The van der Waals surface area contributed by atoms with Gasteiger partial charge in [0.2, 0.25) is 0 Å². The van der Waals surface area contributed by atoms with Crippen molar-refractivity contribution in [3.63, 3.8) is 0 Å². The molecule has 1 atom stereocenters. The zero-order chi connectivity index (χ0) is 14.5. The van der Waals surface area contributed by atoms with E-state index in [0.29, 0.717) is 0 Å². The maximum absolute atomic E-state index is 10.3. The Kier molecular flexibility index (Phi) is 5.96. The second-order valence-corrected chi connectivity index (χ2v) is 7.67. The van der Waals surface area contributed by atoms with Crippen molar-refractivity contribution in [2.24, 2.45) is 5.92 Å². The first-order valence-corrected chi connectivity index (χ1v) is 9.46. The molecule has 2 saturated heterocycles. The van der Waals surface area contributed by atoms with Gasteiger partial charge in [0.15, 0.2) is 0 Å². The van der Waals surface area contributed by atoms with Crippen molar-refractivity contribution in [3.05, 3.63) is 0 Å². The van der Waals surface area contributed by atoms with Crippen molar-refractivity contribution in [2.75, 3.05) is 32.7 Å². The lowest BCUT2D eigenvalue weighted by Crippen LogP contribution is -2.48. The molecule has 2 heterocycles. The van der Waals surface area contributed by atoms with Crippen molar-refractivity contribution in [1.29, 1.82) is 0 Å². The number of nitrogens with zero attached hydrogens (tertiary/aromatic N) is 2. The Hall–Kier alpha value is -0.120. The van der Waals surface area contributed by atoms with E-state index in [1.807, 2.05) is 0 Å². The fourth-order valence-electron chi connectivity index (χ4n) is 4.75. The first-order chi connectivity index (χ1) is 10.3. The molecule has 1 unspecified atom stereocenters. The molecule has 0 aromatic rings. The van der Waals surface area contributed by atoms with Gasteiger partial charge in [0.25, 0.3) is 0 Å². The summed E-state index contributed by atoms with van der Waals surface area (Å²) in [6.07, 6.45) is 13.3. The van der Waals surface area contributed by atoms with E-state index in [1.54, 1.807) is 0 Å². The van der Waals surface area contributed by atoms with Crippen LogP contribution in [0.3, 0.4) is 0 Å². The highest BCUT2D eigenvalue weighted by atomic mass is 16.3. The van der Waals surface area contributed by atoms with Crippen molar-refractivity contribution >= 4 is 0 Å². The highest BCUT2D eigenvalue weighted by molar-refractivity contribution is 4.83. The SMILES string of the molecule is OC(CC1CCCC1)CN1CCC(N2CCCCC2)CC1. The van der Waals surface area contributed by atoms with E-state index in [2.05, 4.69) is 9.80 Å². The van der Waals surface area contributed by atoms with Gasteiger partial charge in [-0.05, 0) is 64.2 Å². The summed E-state index contributed by atoms with van der Waals surface area (Å²) < 4.78 is 0. The Morgan fingerprint density at radius 2 is 1.48 bits per heavy atom. The van der Waals surface area contributed by atoms with E-state index in [1.165, 1.54) is 84.0 Å². The second-order valence-electron chi connectivity index (χ2n) is 7.67. The average molecular weight is 294 g/mol. The maximum atomic E-state index is 10.3. The van der Waals surface area contributed by atoms with Gasteiger partial charge in [-0.2, -0.15) is 0 Å². The standard InChI is InChI=1S/C18H34N2O/c21-18(14-16-6-2-3-7-16)15-19-12-8-17(9-13-19)20-10-4-1-5-11-20/h16-18,21H,1-15H2. The lowest BCUT2D eigenvalue weighted by atomic mass is 9.97. The van der Waals surface area contributed by atoms with Crippen LogP contribution in [0.1, 0.15) is 64.2 Å². The maximum Gasteiger partial charge on any atom is 0.0669 e. The van der Waals surface area contributed by atoms with Crippen LogP contribution in [0.15, 0.2) is 0 Å². The number of aliphatic hydroxyl groups excluding tert-OH is 1. The number of hydrogen-bond donors (Lipinski definition) is 1. The number of hydrogen-bond acceptors (Lipinski definition) is 3. The van der Waals surface area contributed by atoms with Gasteiger partial charge in [-0.15, -0.1) is 0 Å². The van der Waals surface area contributed by atoms with Crippen LogP contribution in [-0.2, 0) is 0 Å². The van der Waals surface area contributed by atoms with E-state index in [-0.39, 0.29) is 6.10 Å². The van der Waals surface area contributed by atoms with Crippen molar-refractivity contribution < 1.29 is 5.11 Å². The molecule has 2 aliphatic heterocycles. The Labute approximate surface area is 130 Å². The van der Waals surface area contributed by atoms with Gasteiger partial charge in [-0.25, -0.2) is 0 Å². The van der Waals surface area contributed by atoms with Crippen LogP contribution in [0.25, 0.3) is 0 Å². The van der Waals surface area contributed by atoms with E-state index in [4.69, 9.17) is 0 Å². The third kappa shape index (κ3) is 4.67. The zero-order valence-electron chi connectivity index (χ0n) is 13.7. The third-order valence-corrected chi connectivity index (χ3v) is 6.01. The zero-order valence-corrected chi connectivity index (χ0v) is 13.7. The minimum atomic E-state index is -0.0837. The summed E-state index contributed by atoms with van der Waals surface area (Å²) in [7, 11) is 0. The van der Waals surface area contributed by atoms with Crippen LogP contribution >= 0.6 is 0 Å². The fourth-order valence-corrected chi connectivity index (χ4v) is 4.75. The molecule has 1 aliphatic carbocycles. The van der Waals surface area contributed by atoms with E-state index in [0.717, 1.165) is 24.9 Å². The monoisotopic (exact) mass is 294 g/mol. The summed E-state index contributed by atoms with van der Waals surface area (Å²) in [6.45, 7) is 5.97. The van der Waals surface area contributed by atoms with Crippen LogP contribution in [0.2, 0.25) is 0 Å². The lowest BCUT2D eigenvalue weighted by molar-refractivity contribution is 0.0517. The molecule has 0 bridgehead atoms. The molecule has 122 valence electrons. The molecule has 0 spiro atoms. The first kappa shape index (κ1) is 15.8. The smallest absolute Gasteiger partial charge is 0.0669 e. The molecular formula is C18H34N2O. The van der Waals surface area contributed by atoms with Gasteiger partial charge >= 0.3 is 0 Å². The van der Waals surface area contributed by atoms with Crippen molar-refractivity contribution in [1.82, 2.24) is 9.80 Å². The van der Waals surface area contributed by atoms with Gasteiger partial charge in [-0.1, -0.05) is 32.1 Å². The summed E-state index contributed by atoms with van der Waals surface area (Å²) in [5, 5.41) is 10.3. The summed E-state index contributed by atoms with van der Waals surface area (Å²) >= 11 is 0. The molecule has 3 heteroatoms. The third-order valence-electron chi connectivity index (χ3n) is 6.01. The molecule has 1 N–H and O–H groups in total. The average Bonchev–Trinajstić information content (AvgIpc) is 3.02. The van der Waals surface area contributed by atoms with Crippen LogP contribution in [-0.4, -0.2) is 59.8 Å². The predicted octanol–water partition coefficient (Wildman–Crippen LogP) is 2.88. The van der Waals surface area contributed by atoms with Gasteiger partial charge in [0.05, 0.1) is 6.10 Å². The molecule has 0 radical (unpaired) electrons. The fraction of sp³-hybridized carbons (Fsp3) is 1.00. The normalized spacial score (nSPS) is 29.0. The quantitative estimate of drug-likeness (QED) is 0.844. The molecule has 0 aromatic heterocycles. The van der Waals surface area contributed by atoms with Crippen molar-refractivity contribution in [3.8, 4) is 0 Å². The Balaban J connectivity index is 1.34. The van der Waals surface area contributed by atoms with Crippen LogP contribution in [0, 0.1) is 5.92 Å². The van der Waals surface area contributed by atoms with E-state index in [9.17, 15) is 5.11 Å². The topological polar surface area (TPSA) is 26.7 Å². The molecule has 3 aliphatic rings. The minimum absolute atomic E-state index is 0.0837. The van der Waals surface area contributed by atoms with Gasteiger partial charge < -0.3 is 14.9 Å². The molecule has 3 rings (SSSR count). The summed E-state index contributed by atoms with van der Waals surface area (Å²) in [5.74, 6) is 0.811. The second kappa shape index (κ2) is 7.94. The molecule has 1 saturated carbocycles. The Bertz CT molecular complexity index is 290. The van der Waals surface area contributed by atoms with Gasteiger partial charge in [0, 0.05) is 12.6 Å². The molecular weight excluding hydrogens is 260 g/mol. The first-order valence-electron chi connectivity index (χ1n) is 9.46. The molecule has 21 heavy (non-hydrogen) atoms. The molecule has 3 nitrogen and oxygen atoms in total. The predicted molar refractivity (Wildman–Crippen MR) is 87.5 cm³/mol. The molecule has 0 amide bonds. The largest absolute Gasteiger partial charge is 0.392 e. The number of piperidine rings is 2. The van der Waals surface area contributed by atoms with Crippen molar-refractivity contribution in [2.45, 2.75) is 76.4 Å². The van der Waals surface area contributed by atoms with Gasteiger partial charge in [0.1, 0.15) is 0 Å². The molecule has 3 fully saturated rings. The molecule has 0 aromatic carbocycles. The Morgan fingerprint density at radius 3 is 2.14 bits per heavy atom. The highest BCUT2D eigenvalue weighted by Crippen LogP contribution is 2.29. The lowest BCUT2D eigenvalue weighted by Gasteiger charge is -2.40. The number of aliphatic hydroxyl groups is 1. The van der Waals surface area contributed by atoms with Crippen LogP contribution in [0.4, 0.5) is 0 Å².